The highest BCUT2D eigenvalue weighted by Crippen LogP contribution is 2.28. The van der Waals surface area contributed by atoms with Crippen LogP contribution in [0.2, 0.25) is 0 Å². The van der Waals surface area contributed by atoms with Gasteiger partial charge in [-0.05, 0) is 37.4 Å². The smallest absolute Gasteiger partial charge is 0.268 e. The molecular formula is C18H20N2O2S. The van der Waals surface area contributed by atoms with Crippen LogP contribution in [0.5, 0.6) is 5.75 Å². The van der Waals surface area contributed by atoms with Gasteiger partial charge >= 0.3 is 0 Å². The average molecular weight is 328 g/mol. The van der Waals surface area contributed by atoms with Gasteiger partial charge in [0.25, 0.3) is 5.91 Å². The topological polar surface area (TPSA) is 43.3 Å². The minimum absolute atomic E-state index is 0.0620. The number of nitrogens with zero attached hydrogens (tertiary/aromatic N) is 1. The summed E-state index contributed by atoms with van der Waals surface area (Å²) >= 11 is 1.66. The van der Waals surface area contributed by atoms with Crippen molar-refractivity contribution in [3.05, 3.63) is 53.0 Å². The van der Waals surface area contributed by atoms with Crippen LogP contribution in [0, 0.1) is 0 Å². The Balaban J connectivity index is 1.83. The molecule has 0 bridgehead atoms. The molecule has 0 unspecified atom stereocenters. The molecule has 3 rings (SSSR count). The molecule has 2 aromatic heterocycles. The molecule has 23 heavy (non-hydrogen) atoms. The van der Waals surface area contributed by atoms with Crippen LogP contribution in [-0.2, 0) is 6.54 Å². The number of hydrogen-bond donors (Lipinski definition) is 1. The van der Waals surface area contributed by atoms with Gasteiger partial charge < -0.3 is 14.6 Å². The third-order valence-corrected chi connectivity index (χ3v) is 4.69. The van der Waals surface area contributed by atoms with Gasteiger partial charge in [-0.25, -0.2) is 0 Å². The maximum absolute atomic E-state index is 12.6. The van der Waals surface area contributed by atoms with Crippen molar-refractivity contribution < 1.29 is 9.53 Å². The zero-order chi connectivity index (χ0) is 16.4. The normalized spacial score (nSPS) is 11.1. The molecule has 0 saturated carbocycles. The Morgan fingerprint density at radius 2 is 2.09 bits per heavy atom. The molecule has 1 aromatic carbocycles. The van der Waals surface area contributed by atoms with Gasteiger partial charge in [-0.15, -0.1) is 11.3 Å². The van der Waals surface area contributed by atoms with E-state index in [1.54, 1.807) is 18.4 Å². The number of methoxy groups -OCH3 is 1. The predicted molar refractivity (Wildman–Crippen MR) is 94.4 cm³/mol. The van der Waals surface area contributed by atoms with Crippen LogP contribution in [0.25, 0.3) is 10.2 Å². The van der Waals surface area contributed by atoms with E-state index < -0.39 is 0 Å². The minimum Gasteiger partial charge on any atom is -0.496 e. The van der Waals surface area contributed by atoms with Gasteiger partial charge in [-0.2, -0.15) is 0 Å². The van der Waals surface area contributed by atoms with Gasteiger partial charge in [-0.3, -0.25) is 4.79 Å². The van der Waals surface area contributed by atoms with Crippen LogP contribution in [0.1, 0.15) is 35.9 Å². The first-order valence-electron chi connectivity index (χ1n) is 7.60. The highest BCUT2D eigenvalue weighted by Gasteiger charge is 2.18. The molecule has 0 aliphatic heterocycles. The molecule has 3 aromatic rings. The van der Waals surface area contributed by atoms with Crippen LogP contribution < -0.4 is 10.1 Å². The number of carbonyl (C=O) groups is 1. The second kappa shape index (κ2) is 6.46. The third kappa shape index (κ3) is 2.97. The number of para-hydroxylation sites is 1. The van der Waals surface area contributed by atoms with E-state index in [2.05, 4.69) is 35.2 Å². The molecule has 0 aliphatic rings. The lowest BCUT2D eigenvalue weighted by molar-refractivity contribution is 0.0940. The summed E-state index contributed by atoms with van der Waals surface area (Å²) < 4.78 is 8.55. The SMILES string of the molecule is COc1ccccc1CNC(=O)c1cc2sccc2n1C(C)C. The van der Waals surface area contributed by atoms with Crippen molar-refractivity contribution in [1.29, 1.82) is 0 Å². The van der Waals surface area contributed by atoms with E-state index in [0.717, 1.165) is 21.5 Å². The first kappa shape index (κ1) is 15.6. The van der Waals surface area contributed by atoms with Gasteiger partial charge in [-0.1, -0.05) is 18.2 Å². The molecule has 0 spiro atoms. The van der Waals surface area contributed by atoms with Gasteiger partial charge in [0.2, 0.25) is 0 Å². The summed E-state index contributed by atoms with van der Waals surface area (Å²) in [4.78, 5) is 12.6. The Bertz CT molecular complexity index is 833. The van der Waals surface area contributed by atoms with Crippen LogP contribution in [0.15, 0.2) is 41.8 Å². The fourth-order valence-electron chi connectivity index (χ4n) is 2.79. The van der Waals surface area contributed by atoms with E-state index in [-0.39, 0.29) is 11.9 Å². The number of thiophene rings is 1. The van der Waals surface area contributed by atoms with E-state index in [1.807, 2.05) is 30.3 Å². The number of fused-ring (bicyclic) bond motifs is 1. The van der Waals surface area contributed by atoms with Crippen LogP contribution in [0.3, 0.4) is 0 Å². The van der Waals surface area contributed by atoms with Crippen molar-refractivity contribution in [2.24, 2.45) is 0 Å². The molecule has 1 N–H and O–H groups in total. The molecule has 0 radical (unpaired) electrons. The Hall–Kier alpha value is -2.27. The van der Waals surface area contributed by atoms with Gasteiger partial charge in [0.1, 0.15) is 11.4 Å². The second-order valence-corrected chi connectivity index (χ2v) is 6.61. The quantitative estimate of drug-likeness (QED) is 0.762. The molecular weight excluding hydrogens is 308 g/mol. The lowest BCUT2D eigenvalue weighted by Gasteiger charge is -2.14. The van der Waals surface area contributed by atoms with Crippen LogP contribution >= 0.6 is 11.3 Å². The summed E-state index contributed by atoms with van der Waals surface area (Å²) in [6.45, 7) is 4.63. The van der Waals surface area contributed by atoms with E-state index in [9.17, 15) is 4.79 Å². The molecule has 4 nitrogen and oxygen atoms in total. The summed E-state index contributed by atoms with van der Waals surface area (Å²) in [6.07, 6.45) is 0. The third-order valence-electron chi connectivity index (χ3n) is 3.84. The molecule has 0 aliphatic carbocycles. The number of rotatable bonds is 5. The maximum atomic E-state index is 12.6. The molecule has 0 atom stereocenters. The number of ether oxygens (including phenoxy) is 1. The van der Waals surface area contributed by atoms with Crippen LogP contribution in [-0.4, -0.2) is 17.6 Å². The van der Waals surface area contributed by atoms with Crippen molar-refractivity contribution in [2.45, 2.75) is 26.4 Å². The highest BCUT2D eigenvalue weighted by atomic mass is 32.1. The fraction of sp³-hybridized carbons (Fsp3) is 0.278. The lowest BCUT2D eigenvalue weighted by Crippen LogP contribution is -2.26. The average Bonchev–Trinajstić information content (AvgIpc) is 3.13. The Labute approximate surface area is 139 Å². The molecule has 0 fully saturated rings. The van der Waals surface area contributed by atoms with Crippen molar-refractivity contribution in [3.8, 4) is 5.75 Å². The fourth-order valence-corrected chi connectivity index (χ4v) is 3.60. The zero-order valence-corrected chi connectivity index (χ0v) is 14.3. The van der Waals surface area contributed by atoms with E-state index >= 15 is 0 Å². The number of benzene rings is 1. The predicted octanol–water partition coefficient (Wildman–Crippen LogP) is 4.22. The molecule has 5 heteroatoms. The maximum Gasteiger partial charge on any atom is 0.268 e. The van der Waals surface area contributed by atoms with Crippen molar-refractivity contribution in [2.75, 3.05) is 7.11 Å². The Kier molecular flexibility index (Phi) is 4.39. The van der Waals surface area contributed by atoms with E-state index in [0.29, 0.717) is 12.2 Å². The lowest BCUT2D eigenvalue weighted by atomic mass is 10.2. The number of amides is 1. The molecule has 0 saturated heterocycles. The standard InChI is InChI=1S/C18H20N2O2S/c1-12(2)20-14-8-9-23-17(14)10-15(20)18(21)19-11-13-6-4-5-7-16(13)22-3/h4-10,12H,11H2,1-3H3,(H,19,21). The number of hydrogen-bond acceptors (Lipinski definition) is 3. The largest absolute Gasteiger partial charge is 0.496 e. The Morgan fingerprint density at radius 3 is 2.83 bits per heavy atom. The first-order chi connectivity index (χ1) is 11.1. The number of aromatic nitrogens is 1. The van der Waals surface area contributed by atoms with Gasteiger partial charge in [0.05, 0.1) is 17.3 Å². The summed E-state index contributed by atoms with van der Waals surface area (Å²) in [5.41, 5.74) is 2.79. The summed E-state index contributed by atoms with van der Waals surface area (Å²) in [7, 11) is 1.64. The van der Waals surface area contributed by atoms with Gasteiger partial charge in [0.15, 0.2) is 0 Å². The number of carbonyl (C=O) groups excluding carboxylic acids is 1. The minimum atomic E-state index is -0.0620. The summed E-state index contributed by atoms with van der Waals surface area (Å²) in [5.74, 6) is 0.723. The monoisotopic (exact) mass is 328 g/mol. The summed E-state index contributed by atoms with van der Waals surface area (Å²) in [5, 5.41) is 5.06. The van der Waals surface area contributed by atoms with Crippen molar-refractivity contribution in [1.82, 2.24) is 9.88 Å². The highest BCUT2D eigenvalue weighted by molar-refractivity contribution is 7.17. The Morgan fingerprint density at radius 1 is 1.30 bits per heavy atom. The van der Waals surface area contributed by atoms with Crippen molar-refractivity contribution >= 4 is 27.5 Å². The van der Waals surface area contributed by atoms with Gasteiger partial charge in [0, 0.05) is 18.2 Å². The second-order valence-electron chi connectivity index (χ2n) is 5.66. The molecule has 1 amide bonds. The zero-order valence-electron chi connectivity index (χ0n) is 13.5. The molecule has 2 heterocycles. The number of nitrogens with one attached hydrogen (secondary N) is 1. The molecule has 120 valence electrons. The summed E-state index contributed by atoms with van der Waals surface area (Å²) in [6, 6.07) is 12.0. The van der Waals surface area contributed by atoms with Crippen molar-refractivity contribution in [3.63, 3.8) is 0 Å². The van der Waals surface area contributed by atoms with E-state index in [4.69, 9.17) is 4.74 Å². The first-order valence-corrected chi connectivity index (χ1v) is 8.48. The van der Waals surface area contributed by atoms with E-state index in [1.165, 1.54) is 0 Å². The van der Waals surface area contributed by atoms with Crippen LogP contribution in [0.4, 0.5) is 0 Å².